The molecule has 0 amide bonds. The predicted molar refractivity (Wildman–Crippen MR) is 128 cm³/mol. The molecular weight excluding hydrogens is 450 g/mol. The van der Waals surface area contributed by atoms with E-state index >= 15 is 0 Å². The van der Waals surface area contributed by atoms with Crippen LogP contribution in [0.1, 0.15) is 62.7 Å². The van der Waals surface area contributed by atoms with Gasteiger partial charge in [-0.3, -0.25) is 4.79 Å². The Balaban J connectivity index is 1.43. The van der Waals surface area contributed by atoms with Crippen LogP contribution in [0.5, 0.6) is 5.75 Å². The van der Waals surface area contributed by atoms with Crippen LogP contribution in [0.3, 0.4) is 0 Å². The molecule has 0 bridgehead atoms. The lowest BCUT2D eigenvalue weighted by molar-refractivity contribution is -0.147. The first-order valence-corrected chi connectivity index (χ1v) is 12.2. The summed E-state index contributed by atoms with van der Waals surface area (Å²) in [6.45, 7) is 4.44. The summed E-state index contributed by atoms with van der Waals surface area (Å²) in [5, 5.41) is 15.7. The summed E-state index contributed by atoms with van der Waals surface area (Å²) in [5.41, 5.74) is 2.96. The molecule has 0 radical (unpaired) electrons. The lowest BCUT2D eigenvalue weighted by Gasteiger charge is -2.28. The lowest BCUT2D eigenvalue weighted by Crippen LogP contribution is -2.30. The van der Waals surface area contributed by atoms with Crippen LogP contribution < -0.4 is 10.1 Å². The van der Waals surface area contributed by atoms with Gasteiger partial charge in [-0.15, -0.1) is 5.10 Å². The molecule has 1 fully saturated rings. The summed E-state index contributed by atoms with van der Waals surface area (Å²) in [4.78, 5) is 21.0. The van der Waals surface area contributed by atoms with Crippen LogP contribution in [0.2, 0.25) is 0 Å². The van der Waals surface area contributed by atoms with Gasteiger partial charge >= 0.3 is 12.0 Å². The number of anilines is 1. The summed E-state index contributed by atoms with van der Waals surface area (Å²) >= 11 is 0. The van der Waals surface area contributed by atoms with Gasteiger partial charge in [0, 0.05) is 13.5 Å². The molecule has 35 heavy (non-hydrogen) atoms. The topological polar surface area (TPSA) is 130 Å². The minimum atomic E-state index is -0.162. The number of pyridine rings is 1. The standard InChI is InChI=1S/C24H33N7O4/c1-5-6-10-21-27-24(35-29-21)25-14-19-22(28-30-31(19)3)18-11-12-20(15(2)26-18)34-17-9-7-8-16(13-17)23(32)33-4/h11-12,16-17H,5-10,13-14H2,1-4H3,(H,25,27,29)/t16-,17-/m0/s1. The van der Waals surface area contributed by atoms with Crippen molar-refractivity contribution in [2.75, 3.05) is 12.4 Å². The van der Waals surface area contributed by atoms with E-state index in [0.29, 0.717) is 41.9 Å². The average molecular weight is 484 g/mol. The summed E-state index contributed by atoms with van der Waals surface area (Å²) in [7, 11) is 3.27. The Morgan fingerprint density at radius 2 is 2.14 bits per heavy atom. The third-order valence-electron chi connectivity index (χ3n) is 6.31. The minimum absolute atomic E-state index is 0.0351. The molecule has 11 nitrogen and oxygen atoms in total. The SMILES string of the molecule is CCCCc1noc(NCc2c(-c3ccc(O[C@H]4CCC[C@H](C(=O)OC)C4)c(C)n3)nnn2C)n1. The van der Waals surface area contributed by atoms with E-state index in [1.807, 2.05) is 26.1 Å². The van der Waals surface area contributed by atoms with Crippen LogP contribution in [-0.2, 0) is 29.5 Å². The quantitative estimate of drug-likeness (QED) is 0.427. The number of methoxy groups -OCH3 is 1. The zero-order valence-corrected chi connectivity index (χ0v) is 20.8. The van der Waals surface area contributed by atoms with E-state index in [4.69, 9.17) is 19.0 Å². The van der Waals surface area contributed by atoms with Crippen LogP contribution in [0, 0.1) is 12.8 Å². The number of aryl methyl sites for hydroxylation is 3. The molecule has 3 heterocycles. The lowest BCUT2D eigenvalue weighted by atomic mass is 9.87. The Morgan fingerprint density at radius 1 is 1.29 bits per heavy atom. The van der Waals surface area contributed by atoms with Gasteiger partial charge in [-0.2, -0.15) is 4.98 Å². The Hall–Kier alpha value is -3.50. The molecule has 0 saturated heterocycles. The van der Waals surface area contributed by atoms with E-state index in [-0.39, 0.29) is 18.0 Å². The molecule has 2 atom stereocenters. The average Bonchev–Trinajstić information content (AvgIpc) is 3.48. The molecule has 0 spiro atoms. The highest BCUT2D eigenvalue weighted by molar-refractivity contribution is 5.72. The van der Waals surface area contributed by atoms with E-state index in [0.717, 1.165) is 49.9 Å². The number of unbranched alkanes of at least 4 members (excludes halogenated alkanes) is 1. The van der Waals surface area contributed by atoms with Crippen molar-refractivity contribution in [2.45, 2.75) is 71.4 Å². The largest absolute Gasteiger partial charge is 0.489 e. The first-order valence-electron chi connectivity index (χ1n) is 12.2. The highest BCUT2D eigenvalue weighted by Gasteiger charge is 2.29. The zero-order valence-electron chi connectivity index (χ0n) is 20.8. The monoisotopic (exact) mass is 483 g/mol. The molecule has 4 rings (SSSR count). The fourth-order valence-corrected chi connectivity index (χ4v) is 4.31. The minimum Gasteiger partial charge on any atom is -0.489 e. The summed E-state index contributed by atoms with van der Waals surface area (Å²) in [5.74, 6) is 1.13. The molecule has 3 aromatic rings. The van der Waals surface area contributed by atoms with Gasteiger partial charge in [0.1, 0.15) is 11.4 Å². The molecule has 1 saturated carbocycles. The molecule has 11 heteroatoms. The number of nitrogens with one attached hydrogen (secondary N) is 1. The van der Waals surface area contributed by atoms with Gasteiger partial charge in [-0.05, 0) is 51.2 Å². The Bertz CT molecular complexity index is 1140. The molecule has 1 aliphatic rings. The Labute approximate surface area is 204 Å². The van der Waals surface area contributed by atoms with Crippen LogP contribution in [0.15, 0.2) is 16.7 Å². The maximum absolute atomic E-state index is 11.9. The number of carbonyl (C=O) groups excluding carboxylic acids is 1. The summed E-state index contributed by atoms with van der Waals surface area (Å²) in [6, 6.07) is 4.16. The van der Waals surface area contributed by atoms with Crippen molar-refractivity contribution in [3.05, 3.63) is 29.3 Å². The number of ether oxygens (including phenoxy) is 2. The van der Waals surface area contributed by atoms with Gasteiger partial charge in [0.15, 0.2) is 5.82 Å². The second kappa shape index (κ2) is 11.3. The van der Waals surface area contributed by atoms with E-state index in [9.17, 15) is 4.79 Å². The second-order valence-electron chi connectivity index (χ2n) is 8.89. The number of hydrogen-bond acceptors (Lipinski definition) is 10. The van der Waals surface area contributed by atoms with Crippen molar-refractivity contribution in [2.24, 2.45) is 13.0 Å². The molecule has 0 unspecified atom stereocenters. The Morgan fingerprint density at radius 3 is 2.91 bits per heavy atom. The first kappa shape index (κ1) is 24.6. The fraction of sp³-hybridized carbons (Fsp3) is 0.583. The summed E-state index contributed by atoms with van der Waals surface area (Å²) < 4.78 is 18.1. The number of hydrogen-bond donors (Lipinski definition) is 1. The normalized spacial score (nSPS) is 17.8. The van der Waals surface area contributed by atoms with Crippen molar-refractivity contribution < 1.29 is 18.8 Å². The Kier molecular flexibility index (Phi) is 7.94. The van der Waals surface area contributed by atoms with Gasteiger partial charge in [0.05, 0.1) is 42.8 Å². The first-order chi connectivity index (χ1) is 17.0. The number of carbonyl (C=O) groups is 1. The number of esters is 1. The highest BCUT2D eigenvalue weighted by Crippen LogP contribution is 2.31. The zero-order chi connectivity index (χ0) is 24.8. The van der Waals surface area contributed by atoms with Gasteiger partial charge < -0.3 is 19.3 Å². The van der Waals surface area contributed by atoms with Gasteiger partial charge in [-0.25, -0.2) is 9.67 Å². The van der Waals surface area contributed by atoms with Crippen molar-refractivity contribution in [1.29, 1.82) is 0 Å². The third kappa shape index (κ3) is 5.95. The molecular formula is C24H33N7O4. The molecule has 1 N–H and O–H groups in total. The second-order valence-corrected chi connectivity index (χ2v) is 8.89. The van der Waals surface area contributed by atoms with Crippen molar-refractivity contribution in [3.63, 3.8) is 0 Å². The van der Waals surface area contributed by atoms with Crippen LogP contribution in [0.4, 0.5) is 6.01 Å². The number of nitrogens with zero attached hydrogens (tertiary/aromatic N) is 6. The van der Waals surface area contributed by atoms with Crippen molar-refractivity contribution in [3.8, 4) is 17.1 Å². The molecule has 1 aliphatic carbocycles. The molecule has 0 aliphatic heterocycles. The van der Waals surface area contributed by atoms with Crippen LogP contribution in [0.25, 0.3) is 11.4 Å². The molecule has 3 aromatic heterocycles. The smallest absolute Gasteiger partial charge is 0.321 e. The van der Waals surface area contributed by atoms with E-state index in [1.165, 1.54) is 7.11 Å². The van der Waals surface area contributed by atoms with Crippen molar-refractivity contribution >= 4 is 12.0 Å². The fourth-order valence-electron chi connectivity index (χ4n) is 4.31. The van der Waals surface area contributed by atoms with Gasteiger partial charge in [0.25, 0.3) is 0 Å². The molecule has 0 aromatic carbocycles. The molecule has 188 valence electrons. The van der Waals surface area contributed by atoms with E-state index in [1.54, 1.807) is 4.68 Å². The van der Waals surface area contributed by atoms with E-state index in [2.05, 4.69) is 32.7 Å². The highest BCUT2D eigenvalue weighted by atomic mass is 16.5. The summed E-state index contributed by atoms with van der Waals surface area (Å²) in [6.07, 6.45) is 6.20. The van der Waals surface area contributed by atoms with Gasteiger partial charge in [-0.1, -0.05) is 23.7 Å². The number of aromatic nitrogens is 6. The van der Waals surface area contributed by atoms with Crippen molar-refractivity contribution in [1.82, 2.24) is 30.1 Å². The van der Waals surface area contributed by atoms with Crippen LogP contribution >= 0.6 is 0 Å². The maximum atomic E-state index is 11.9. The predicted octanol–water partition coefficient (Wildman–Crippen LogP) is 3.63. The number of rotatable bonds is 10. The van der Waals surface area contributed by atoms with E-state index < -0.39 is 0 Å². The maximum Gasteiger partial charge on any atom is 0.321 e. The van der Waals surface area contributed by atoms with Crippen LogP contribution in [-0.4, -0.2) is 49.3 Å². The third-order valence-corrected chi connectivity index (χ3v) is 6.31. The van der Waals surface area contributed by atoms with Gasteiger partial charge in [0.2, 0.25) is 0 Å².